The summed E-state index contributed by atoms with van der Waals surface area (Å²) in [6.45, 7) is 3.88. The molecule has 1 aromatic rings. The minimum absolute atomic E-state index is 0.295. The Morgan fingerprint density at radius 2 is 2.07 bits per heavy atom. The maximum Gasteiger partial charge on any atom is 0.409 e. The number of carbonyl (C=O) groups excluding carboxylic acids is 1. The molecule has 8 heteroatoms. The number of hydrogen-bond donors (Lipinski definition) is 2. The van der Waals surface area contributed by atoms with Crippen LogP contribution in [-0.4, -0.2) is 65.9 Å². The lowest BCUT2D eigenvalue weighted by molar-refractivity contribution is -0.139. The van der Waals surface area contributed by atoms with Gasteiger partial charge >= 0.3 is 6.09 Å². The van der Waals surface area contributed by atoms with Crippen LogP contribution in [-0.2, 0) is 9.53 Å². The molecule has 4 heterocycles. The molecule has 27 heavy (non-hydrogen) atoms. The number of likely N-dealkylation sites (tertiary alicyclic amines) is 1. The molecule has 1 spiro atoms. The minimum Gasteiger partial charge on any atom is -0.465 e. The number of anilines is 2. The average Bonchev–Trinajstić information content (AvgIpc) is 2.98. The monoisotopic (exact) mass is 374 g/mol. The highest BCUT2D eigenvalue weighted by Crippen LogP contribution is 2.42. The predicted molar refractivity (Wildman–Crippen MR) is 99.9 cm³/mol. The average molecular weight is 374 g/mol. The fourth-order valence-corrected chi connectivity index (χ4v) is 4.67. The topological polar surface area (TPSA) is 95.0 Å². The number of aromatic nitrogens is 1. The predicted octanol–water partition coefficient (Wildman–Crippen LogP) is 2.17. The van der Waals surface area contributed by atoms with Gasteiger partial charge in [-0.15, -0.1) is 0 Å². The zero-order valence-corrected chi connectivity index (χ0v) is 15.4. The fourth-order valence-electron chi connectivity index (χ4n) is 4.67. The van der Waals surface area contributed by atoms with Crippen LogP contribution in [0.1, 0.15) is 32.1 Å². The number of rotatable bonds is 3. The third-order valence-electron chi connectivity index (χ3n) is 6.08. The standard InChI is InChI=1S/C19H26N4O4/c24-17-19(7-9-23(17)15-4-10-27-11-5-15)6-1-8-22(13-19)16-3-2-14(12-20-16)21-18(25)26/h2-3,12,15,21H,1,4-11,13H2,(H,25,26)/t19-/m1/s1. The Bertz CT molecular complexity index is 704. The highest BCUT2D eigenvalue weighted by atomic mass is 16.5. The lowest BCUT2D eigenvalue weighted by atomic mass is 9.78. The van der Waals surface area contributed by atoms with Gasteiger partial charge in [0.15, 0.2) is 0 Å². The van der Waals surface area contributed by atoms with Crippen molar-refractivity contribution in [1.82, 2.24) is 9.88 Å². The van der Waals surface area contributed by atoms with Crippen LogP contribution in [0.25, 0.3) is 0 Å². The molecule has 1 aromatic heterocycles. The molecule has 0 aromatic carbocycles. The molecule has 0 saturated carbocycles. The van der Waals surface area contributed by atoms with E-state index in [0.717, 1.165) is 64.2 Å². The Hall–Kier alpha value is -2.35. The Kier molecular flexibility index (Phi) is 4.90. The van der Waals surface area contributed by atoms with E-state index in [1.54, 1.807) is 6.07 Å². The van der Waals surface area contributed by atoms with E-state index in [1.165, 1.54) is 6.20 Å². The van der Waals surface area contributed by atoms with E-state index >= 15 is 0 Å². The van der Waals surface area contributed by atoms with Gasteiger partial charge in [-0.3, -0.25) is 10.1 Å². The number of hydrogen-bond acceptors (Lipinski definition) is 5. The van der Waals surface area contributed by atoms with Gasteiger partial charge in [-0.1, -0.05) is 0 Å². The molecular formula is C19H26N4O4. The van der Waals surface area contributed by atoms with Crippen LogP contribution in [0, 0.1) is 5.41 Å². The van der Waals surface area contributed by atoms with Crippen LogP contribution >= 0.6 is 0 Å². The highest BCUT2D eigenvalue weighted by molar-refractivity contribution is 5.86. The van der Waals surface area contributed by atoms with Gasteiger partial charge in [0.2, 0.25) is 5.91 Å². The van der Waals surface area contributed by atoms with Crippen molar-refractivity contribution >= 4 is 23.5 Å². The van der Waals surface area contributed by atoms with Gasteiger partial charge in [0.1, 0.15) is 5.82 Å². The molecule has 1 atom stereocenters. The third-order valence-corrected chi connectivity index (χ3v) is 6.08. The molecular weight excluding hydrogens is 348 g/mol. The normalized spacial score (nSPS) is 26.6. The Morgan fingerprint density at radius 3 is 2.78 bits per heavy atom. The second kappa shape index (κ2) is 7.34. The quantitative estimate of drug-likeness (QED) is 0.842. The molecule has 0 radical (unpaired) electrons. The Balaban J connectivity index is 1.46. The summed E-state index contributed by atoms with van der Waals surface area (Å²) in [7, 11) is 0. The van der Waals surface area contributed by atoms with Crippen molar-refractivity contribution in [3.63, 3.8) is 0 Å². The molecule has 3 aliphatic heterocycles. The van der Waals surface area contributed by atoms with E-state index in [4.69, 9.17) is 9.84 Å². The van der Waals surface area contributed by atoms with Gasteiger partial charge in [0.25, 0.3) is 0 Å². The molecule has 8 nitrogen and oxygen atoms in total. The van der Waals surface area contributed by atoms with Crippen molar-refractivity contribution in [3.05, 3.63) is 18.3 Å². The molecule has 3 saturated heterocycles. The number of nitrogens with zero attached hydrogens (tertiary/aromatic N) is 3. The van der Waals surface area contributed by atoms with Gasteiger partial charge < -0.3 is 19.6 Å². The third kappa shape index (κ3) is 3.58. The second-order valence-electron chi connectivity index (χ2n) is 7.73. The van der Waals surface area contributed by atoms with Crippen molar-refractivity contribution in [2.24, 2.45) is 5.41 Å². The van der Waals surface area contributed by atoms with Crippen LogP contribution in [0.4, 0.5) is 16.3 Å². The number of pyridine rings is 1. The van der Waals surface area contributed by atoms with Crippen molar-refractivity contribution in [1.29, 1.82) is 0 Å². The van der Waals surface area contributed by atoms with E-state index < -0.39 is 6.09 Å². The fraction of sp³-hybridized carbons (Fsp3) is 0.632. The summed E-state index contributed by atoms with van der Waals surface area (Å²) in [4.78, 5) is 32.7. The van der Waals surface area contributed by atoms with Crippen LogP contribution in [0.2, 0.25) is 0 Å². The zero-order chi connectivity index (χ0) is 18.9. The van der Waals surface area contributed by atoms with Gasteiger partial charge in [-0.05, 0) is 44.2 Å². The molecule has 3 aliphatic rings. The Morgan fingerprint density at radius 1 is 1.26 bits per heavy atom. The van der Waals surface area contributed by atoms with Gasteiger partial charge in [-0.25, -0.2) is 9.78 Å². The van der Waals surface area contributed by atoms with Crippen LogP contribution < -0.4 is 10.2 Å². The van der Waals surface area contributed by atoms with Crippen molar-refractivity contribution in [3.8, 4) is 0 Å². The summed E-state index contributed by atoms with van der Waals surface area (Å²) in [6, 6.07) is 3.85. The minimum atomic E-state index is -1.11. The number of carboxylic acid groups (broad SMARTS) is 1. The first kappa shape index (κ1) is 18.0. The Labute approximate surface area is 158 Å². The largest absolute Gasteiger partial charge is 0.465 e. The molecule has 0 bridgehead atoms. The summed E-state index contributed by atoms with van der Waals surface area (Å²) in [5, 5.41) is 11.1. The van der Waals surface area contributed by atoms with E-state index in [1.807, 2.05) is 6.07 Å². The summed E-state index contributed by atoms with van der Waals surface area (Å²) >= 11 is 0. The lowest BCUT2D eigenvalue weighted by Crippen LogP contribution is -2.50. The summed E-state index contributed by atoms with van der Waals surface area (Å²) in [5.74, 6) is 1.09. The van der Waals surface area contributed by atoms with Crippen molar-refractivity contribution in [2.75, 3.05) is 43.1 Å². The second-order valence-corrected chi connectivity index (χ2v) is 7.73. The van der Waals surface area contributed by atoms with E-state index in [0.29, 0.717) is 24.2 Å². The number of carbonyl (C=O) groups is 2. The van der Waals surface area contributed by atoms with Crippen molar-refractivity contribution in [2.45, 2.75) is 38.1 Å². The summed E-state index contributed by atoms with van der Waals surface area (Å²) in [5.41, 5.74) is 0.136. The lowest BCUT2D eigenvalue weighted by Gasteiger charge is -2.40. The van der Waals surface area contributed by atoms with Gasteiger partial charge in [0.05, 0.1) is 17.3 Å². The summed E-state index contributed by atoms with van der Waals surface area (Å²) < 4.78 is 5.44. The molecule has 146 valence electrons. The molecule has 0 aliphatic carbocycles. The number of piperidine rings is 1. The van der Waals surface area contributed by atoms with E-state index in [2.05, 4.69) is 20.1 Å². The smallest absolute Gasteiger partial charge is 0.409 e. The van der Waals surface area contributed by atoms with Crippen molar-refractivity contribution < 1.29 is 19.4 Å². The SMILES string of the molecule is O=C(O)Nc1ccc(N2CCC[C@@]3(CCN(C4CCOCC4)C3=O)C2)nc1. The first-order chi connectivity index (χ1) is 13.1. The molecule has 2 N–H and O–H groups in total. The van der Waals surface area contributed by atoms with Crippen LogP contribution in [0.15, 0.2) is 18.3 Å². The number of nitrogens with one attached hydrogen (secondary N) is 1. The maximum absolute atomic E-state index is 13.3. The maximum atomic E-state index is 13.3. The zero-order valence-electron chi connectivity index (χ0n) is 15.4. The van der Waals surface area contributed by atoms with E-state index in [9.17, 15) is 9.59 Å². The van der Waals surface area contributed by atoms with Crippen LogP contribution in [0.5, 0.6) is 0 Å². The molecule has 4 rings (SSSR count). The van der Waals surface area contributed by atoms with Gasteiger partial charge in [-0.2, -0.15) is 0 Å². The molecule has 3 fully saturated rings. The van der Waals surface area contributed by atoms with E-state index in [-0.39, 0.29) is 5.41 Å². The first-order valence-corrected chi connectivity index (χ1v) is 9.67. The molecule has 2 amide bonds. The molecule has 0 unspecified atom stereocenters. The highest BCUT2D eigenvalue weighted by Gasteiger charge is 2.50. The number of ether oxygens (including phenoxy) is 1. The number of amides is 2. The van der Waals surface area contributed by atoms with Gasteiger partial charge in [0, 0.05) is 38.9 Å². The summed E-state index contributed by atoms with van der Waals surface area (Å²) in [6.07, 6.45) is 5.08. The van der Waals surface area contributed by atoms with Crippen LogP contribution in [0.3, 0.4) is 0 Å². The first-order valence-electron chi connectivity index (χ1n) is 9.67.